The molecule has 104 valence electrons. The van der Waals surface area contributed by atoms with Crippen LogP contribution in [0.4, 0.5) is 5.95 Å². The Kier molecular flexibility index (Phi) is 4.99. The van der Waals surface area contributed by atoms with Gasteiger partial charge in [-0.15, -0.1) is 11.3 Å². The molecule has 0 amide bonds. The molecular formula is C14H21N3OS. The minimum absolute atomic E-state index is 0.363. The van der Waals surface area contributed by atoms with Crippen LogP contribution in [0.25, 0.3) is 0 Å². The van der Waals surface area contributed by atoms with Gasteiger partial charge in [-0.05, 0) is 26.0 Å². The lowest BCUT2D eigenvalue weighted by molar-refractivity contribution is 0.187. The number of thiophene rings is 1. The summed E-state index contributed by atoms with van der Waals surface area (Å²) >= 11 is 1.86. The number of anilines is 1. The van der Waals surface area contributed by atoms with Crippen molar-refractivity contribution in [2.24, 2.45) is 0 Å². The molecule has 0 aromatic carbocycles. The number of imidazole rings is 1. The van der Waals surface area contributed by atoms with Gasteiger partial charge in [0.2, 0.25) is 5.95 Å². The van der Waals surface area contributed by atoms with Crippen molar-refractivity contribution in [3.8, 4) is 0 Å². The maximum absolute atomic E-state index is 5.10. The van der Waals surface area contributed by atoms with E-state index in [0.29, 0.717) is 12.6 Å². The molecule has 0 bridgehead atoms. The van der Waals surface area contributed by atoms with E-state index in [4.69, 9.17) is 4.74 Å². The fraction of sp³-hybridized carbons (Fsp3) is 0.500. The first-order valence-corrected chi connectivity index (χ1v) is 7.32. The summed E-state index contributed by atoms with van der Waals surface area (Å²) in [5.41, 5.74) is 0. The summed E-state index contributed by atoms with van der Waals surface area (Å²) in [4.78, 5) is 7.13. The van der Waals surface area contributed by atoms with Crippen LogP contribution in [0.1, 0.15) is 16.7 Å². The second-order valence-corrected chi connectivity index (χ2v) is 6.07. The number of aromatic nitrogens is 2. The van der Waals surface area contributed by atoms with E-state index in [2.05, 4.69) is 40.8 Å². The van der Waals surface area contributed by atoms with Crippen LogP contribution in [0.15, 0.2) is 24.5 Å². The standard InChI is InChI=1S/C14H21N3OS/c1-11(10-13-5-4-12(2)19-13)16-14-15-6-7-17(14)8-9-18-3/h4-7,11H,8-10H2,1-3H3,(H,15,16). The van der Waals surface area contributed by atoms with Gasteiger partial charge in [0.25, 0.3) is 0 Å². The zero-order chi connectivity index (χ0) is 13.7. The molecule has 2 aromatic rings. The molecule has 1 unspecified atom stereocenters. The smallest absolute Gasteiger partial charge is 0.203 e. The third-order valence-corrected chi connectivity index (χ3v) is 3.95. The van der Waals surface area contributed by atoms with Crippen LogP contribution in [-0.2, 0) is 17.7 Å². The SMILES string of the molecule is COCCn1ccnc1NC(C)Cc1ccc(C)s1. The van der Waals surface area contributed by atoms with E-state index in [-0.39, 0.29) is 0 Å². The second-order valence-electron chi connectivity index (χ2n) is 4.70. The highest BCUT2D eigenvalue weighted by molar-refractivity contribution is 7.11. The van der Waals surface area contributed by atoms with Gasteiger partial charge in [0.15, 0.2) is 0 Å². The normalized spacial score (nSPS) is 12.6. The van der Waals surface area contributed by atoms with Gasteiger partial charge in [-0.2, -0.15) is 0 Å². The summed E-state index contributed by atoms with van der Waals surface area (Å²) in [5.74, 6) is 0.915. The van der Waals surface area contributed by atoms with E-state index in [0.717, 1.165) is 18.9 Å². The summed E-state index contributed by atoms with van der Waals surface area (Å²) in [6.45, 7) is 5.85. The summed E-state index contributed by atoms with van der Waals surface area (Å²) in [7, 11) is 1.71. The fourth-order valence-electron chi connectivity index (χ4n) is 1.99. The molecule has 0 radical (unpaired) electrons. The zero-order valence-corrected chi connectivity index (χ0v) is 12.5. The van der Waals surface area contributed by atoms with E-state index in [9.17, 15) is 0 Å². The molecule has 1 atom stereocenters. The van der Waals surface area contributed by atoms with Crippen molar-refractivity contribution in [3.05, 3.63) is 34.3 Å². The lowest BCUT2D eigenvalue weighted by atomic mass is 10.2. The molecule has 2 rings (SSSR count). The summed E-state index contributed by atoms with van der Waals surface area (Å²) < 4.78 is 7.18. The van der Waals surface area contributed by atoms with Crippen LogP contribution in [-0.4, -0.2) is 29.3 Å². The van der Waals surface area contributed by atoms with E-state index in [1.165, 1.54) is 9.75 Å². The summed E-state index contributed by atoms with van der Waals surface area (Å²) in [6.07, 6.45) is 4.82. The van der Waals surface area contributed by atoms with Crippen molar-refractivity contribution in [2.45, 2.75) is 32.9 Å². The predicted molar refractivity (Wildman–Crippen MR) is 79.9 cm³/mol. The molecule has 4 nitrogen and oxygen atoms in total. The highest BCUT2D eigenvalue weighted by Crippen LogP contribution is 2.18. The molecule has 2 aromatic heterocycles. The Morgan fingerprint density at radius 1 is 1.47 bits per heavy atom. The van der Waals surface area contributed by atoms with Crippen LogP contribution in [0.3, 0.4) is 0 Å². The number of hydrogen-bond acceptors (Lipinski definition) is 4. The monoisotopic (exact) mass is 279 g/mol. The number of methoxy groups -OCH3 is 1. The van der Waals surface area contributed by atoms with E-state index in [1.54, 1.807) is 7.11 Å². The number of aryl methyl sites for hydroxylation is 1. The molecule has 0 saturated heterocycles. The van der Waals surface area contributed by atoms with Gasteiger partial charge in [0.05, 0.1) is 6.61 Å². The molecule has 0 aliphatic rings. The van der Waals surface area contributed by atoms with Crippen molar-refractivity contribution < 1.29 is 4.74 Å². The highest BCUT2D eigenvalue weighted by Gasteiger charge is 2.09. The van der Waals surface area contributed by atoms with E-state index < -0.39 is 0 Å². The van der Waals surface area contributed by atoms with E-state index >= 15 is 0 Å². The Bertz CT molecular complexity index is 506. The Hall–Kier alpha value is -1.33. The van der Waals surface area contributed by atoms with Crippen molar-refractivity contribution in [3.63, 3.8) is 0 Å². The van der Waals surface area contributed by atoms with Crippen molar-refractivity contribution in [1.82, 2.24) is 9.55 Å². The Balaban J connectivity index is 1.91. The third kappa shape index (κ3) is 4.08. The van der Waals surface area contributed by atoms with Crippen LogP contribution < -0.4 is 5.32 Å². The minimum atomic E-state index is 0.363. The van der Waals surface area contributed by atoms with Crippen LogP contribution in [0, 0.1) is 6.92 Å². The number of nitrogens with zero attached hydrogens (tertiary/aromatic N) is 2. The third-order valence-electron chi connectivity index (χ3n) is 2.93. The summed E-state index contributed by atoms with van der Waals surface area (Å²) in [6, 6.07) is 4.74. The first-order chi connectivity index (χ1) is 9.19. The van der Waals surface area contributed by atoms with Gasteiger partial charge in [-0.25, -0.2) is 4.98 Å². The molecule has 5 heteroatoms. The van der Waals surface area contributed by atoms with Crippen LogP contribution in [0.5, 0.6) is 0 Å². The van der Waals surface area contributed by atoms with E-state index in [1.807, 2.05) is 23.7 Å². The summed E-state index contributed by atoms with van der Waals surface area (Å²) in [5, 5.41) is 3.46. The number of rotatable bonds is 7. The highest BCUT2D eigenvalue weighted by atomic mass is 32.1. The van der Waals surface area contributed by atoms with Gasteiger partial charge >= 0.3 is 0 Å². The quantitative estimate of drug-likeness (QED) is 0.847. The second kappa shape index (κ2) is 6.73. The molecular weight excluding hydrogens is 258 g/mol. The number of nitrogens with one attached hydrogen (secondary N) is 1. The molecule has 0 aliphatic carbocycles. The van der Waals surface area contributed by atoms with Crippen molar-refractivity contribution in [2.75, 3.05) is 19.0 Å². The molecule has 1 N–H and O–H groups in total. The lowest BCUT2D eigenvalue weighted by Crippen LogP contribution is -2.21. The van der Waals surface area contributed by atoms with Gasteiger partial charge < -0.3 is 14.6 Å². The Morgan fingerprint density at radius 2 is 2.32 bits per heavy atom. The fourth-order valence-corrected chi connectivity index (χ4v) is 3.01. The predicted octanol–water partition coefficient (Wildman–Crippen LogP) is 2.94. The molecule has 0 fully saturated rings. The molecule has 0 saturated carbocycles. The minimum Gasteiger partial charge on any atom is -0.383 e. The topological polar surface area (TPSA) is 39.1 Å². The number of hydrogen-bond donors (Lipinski definition) is 1. The maximum Gasteiger partial charge on any atom is 0.203 e. The zero-order valence-electron chi connectivity index (χ0n) is 11.7. The Labute approximate surface area is 118 Å². The van der Waals surface area contributed by atoms with Crippen molar-refractivity contribution >= 4 is 17.3 Å². The van der Waals surface area contributed by atoms with Crippen molar-refractivity contribution in [1.29, 1.82) is 0 Å². The first-order valence-electron chi connectivity index (χ1n) is 6.51. The van der Waals surface area contributed by atoms with Gasteiger partial charge in [0.1, 0.15) is 0 Å². The van der Waals surface area contributed by atoms with Gasteiger partial charge in [-0.3, -0.25) is 0 Å². The molecule has 19 heavy (non-hydrogen) atoms. The average Bonchev–Trinajstić information content (AvgIpc) is 2.96. The molecule has 2 heterocycles. The van der Waals surface area contributed by atoms with Crippen LogP contribution in [0.2, 0.25) is 0 Å². The Morgan fingerprint density at radius 3 is 3.00 bits per heavy atom. The number of ether oxygens (including phenoxy) is 1. The largest absolute Gasteiger partial charge is 0.383 e. The average molecular weight is 279 g/mol. The first kappa shape index (κ1) is 14.1. The molecule has 0 aliphatic heterocycles. The maximum atomic E-state index is 5.10. The van der Waals surface area contributed by atoms with Gasteiger partial charge in [-0.1, -0.05) is 0 Å². The van der Waals surface area contributed by atoms with Gasteiger partial charge in [0, 0.05) is 48.3 Å². The lowest BCUT2D eigenvalue weighted by Gasteiger charge is -2.15. The molecule has 0 spiro atoms. The van der Waals surface area contributed by atoms with Crippen LogP contribution >= 0.6 is 11.3 Å².